The first-order valence-electron chi connectivity index (χ1n) is 22.0. The molecular weight excluding hydrogens is 1030 g/mol. The maximum Gasteiger partial charge on any atom is 0.245 e. The van der Waals surface area contributed by atoms with Crippen molar-refractivity contribution < 1.29 is 54.7 Å². The summed E-state index contributed by atoms with van der Waals surface area (Å²) in [5.74, 6) is 1.12. The zero-order valence-electron chi connectivity index (χ0n) is 40.3. The molecule has 0 unspecified atom stereocenters. The molecule has 2 aliphatic rings. The fraction of sp³-hybridized carbons (Fsp3) is 0.524. The summed E-state index contributed by atoms with van der Waals surface area (Å²) in [5.41, 5.74) is 0.556. The Morgan fingerprint density at radius 1 is 0.556 bits per heavy atom. The van der Waals surface area contributed by atoms with Crippen molar-refractivity contribution in [1.82, 2.24) is 69.4 Å². The second-order valence-corrected chi connectivity index (χ2v) is 21.5. The summed E-state index contributed by atoms with van der Waals surface area (Å²) in [6.45, 7) is 4.16. The topological polar surface area (TPSA) is 307 Å². The van der Waals surface area contributed by atoms with E-state index in [1.54, 1.807) is 9.13 Å². The Balaban J connectivity index is 0.000000211. The number of methoxy groups -OCH3 is 6. The first-order chi connectivity index (χ1) is 34.6. The molecule has 2 aliphatic heterocycles. The molecule has 0 radical (unpaired) electrons. The average molecular weight is 1080 g/mol. The highest BCUT2D eigenvalue weighted by atomic mass is 35.5. The van der Waals surface area contributed by atoms with E-state index < -0.39 is 66.1 Å². The van der Waals surface area contributed by atoms with Crippen molar-refractivity contribution in [3.63, 3.8) is 0 Å². The molecular formula is C42H52Cl2N14O12S2. The van der Waals surface area contributed by atoms with Crippen molar-refractivity contribution >= 4 is 42.9 Å². The Kier molecular flexibility index (Phi) is 17.8. The third-order valence-electron chi connectivity index (χ3n) is 11.6. The van der Waals surface area contributed by atoms with Crippen LogP contribution in [0, 0.1) is 0 Å². The maximum absolute atomic E-state index is 13.6. The van der Waals surface area contributed by atoms with Gasteiger partial charge >= 0.3 is 0 Å². The van der Waals surface area contributed by atoms with Gasteiger partial charge in [-0.3, -0.25) is 9.13 Å². The Labute approximate surface area is 424 Å². The fourth-order valence-corrected chi connectivity index (χ4v) is 11.0. The average Bonchev–Trinajstić information content (AvgIpc) is 4.24. The van der Waals surface area contributed by atoms with Crippen LogP contribution in [0.2, 0.25) is 10.0 Å². The lowest BCUT2D eigenvalue weighted by atomic mass is 10.2. The molecule has 0 saturated carbocycles. The molecule has 8 heterocycles. The van der Waals surface area contributed by atoms with E-state index in [1.165, 1.54) is 93.9 Å². The molecule has 2 fully saturated rings. The lowest BCUT2D eigenvalue weighted by molar-refractivity contribution is 0.0947. The first-order valence-corrected chi connectivity index (χ1v) is 26.2. The van der Waals surface area contributed by atoms with Crippen LogP contribution in [-0.2, 0) is 50.1 Å². The molecule has 388 valence electrons. The third-order valence-corrected chi connectivity index (χ3v) is 16.1. The second-order valence-electron chi connectivity index (χ2n) is 16.0. The molecule has 0 aliphatic carbocycles. The van der Waals surface area contributed by atoms with Gasteiger partial charge in [0.25, 0.3) is 0 Å². The summed E-state index contributed by atoms with van der Waals surface area (Å²) >= 11 is 11.7. The number of hydrogen-bond donors (Lipinski definition) is 0. The van der Waals surface area contributed by atoms with E-state index in [2.05, 4.69) is 60.3 Å². The van der Waals surface area contributed by atoms with Gasteiger partial charge in [-0.05, 0) is 39.5 Å². The van der Waals surface area contributed by atoms with Crippen LogP contribution in [-0.4, -0.2) is 153 Å². The molecule has 2 saturated heterocycles. The zero-order chi connectivity index (χ0) is 51.7. The number of sulfone groups is 2. The highest BCUT2D eigenvalue weighted by Gasteiger charge is 2.39. The molecule has 0 amide bonds. The summed E-state index contributed by atoms with van der Waals surface area (Å²) in [6.07, 6.45) is 8.48. The van der Waals surface area contributed by atoms with E-state index >= 15 is 0 Å². The van der Waals surface area contributed by atoms with Crippen molar-refractivity contribution in [2.75, 3.05) is 55.9 Å². The summed E-state index contributed by atoms with van der Waals surface area (Å²) in [5, 5.41) is 15.6. The minimum Gasteiger partial charge on any atom is -0.479 e. The standard InChI is InChI=1S/2C21H26ClN7O6S/c2*1-12(17(32-2)18-23-8-13(22)9-24-18)36(30,31)10-15-27-28-19(14-6-5-7-35-14)29(15)16-20(33-3)25-11-26-21(16)34-4/h2*8-9,11-12,14,17H,5-7,10H2,1-4H3/t12-,14+,17-;12-,14-,17-/m00/s1. The smallest absolute Gasteiger partial charge is 0.245 e. The molecule has 0 N–H and O–H groups in total. The third kappa shape index (κ3) is 11.6. The van der Waals surface area contributed by atoms with Crippen LogP contribution in [0.5, 0.6) is 23.5 Å². The molecule has 72 heavy (non-hydrogen) atoms. The molecule has 6 aromatic rings. The van der Waals surface area contributed by atoms with E-state index in [0.29, 0.717) is 47.7 Å². The quantitative estimate of drug-likeness (QED) is 0.104. The normalized spacial score (nSPS) is 17.6. The molecule has 6 aromatic heterocycles. The fourth-order valence-electron chi connectivity index (χ4n) is 7.94. The van der Waals surface area contributed by atoms with Crippen LogP contribution in [0.1, 0.15) is 98.9 Å². The predicted molar refractivity (Wildman–Crippen MR) is 254 cm³/mol. The molecule has 0 aromatic carbocycles. The lowest BCUT2D eigenvalue weighted by Gasteiger charge is -2.22. The van der Waals surface area contributed by atoms with E-state index in [4.69, 9.17) is 61.1 Å². The van der Waals surface area contributed by atoms with Gasteiger partial charge in [0.05, 0.1) is 49.0 Å². The number of nitrogens with zero attached hydrogens (tertiary/aromatic N) is 14. The van der Waals surface area contributed by atoms with E-state index in [0.717, 1.165) is 12.8 Å². The van der Waals surface area contributed by atoms with Gasteiger partial charge in [0.2, 0.25) is 23.5 Å². The van der Waals surface area contributed by atoms with Gasteiger partial charge in [0.15, 0.2) is 66.0 Å². The monoisotopic (exact) mass is 1080 g/mol. The number of halogens is 2. The van der Waals surface area contributed by atoms with Crippen molar-refractivity contribution in [2.24, 2.45) is 0 Å². The van der Waals surface area contributed by atoms with E-state index in [1.807, 2.05) is 0 Å². The summed E-state index contributed by atoms with van der Waals surface area (Å²) in [4.78, 5) is 33.2. The number of aromatic nitrogens is 14. The van der Waals surface area contributed by atoms with Gasteiger partial charge in [-0.1, -0.05) is 23.2 Å². The van der Waals surface area contributed by atoms with Gasteiger partial charge in [-0.25, -0.2) is 36.8 Å². The summed E-state index contributed by atoms with van der Waals surface area (Å²) < 4.78 is 102. The predicted octanol–water partition coefficient (Wildman–Crippen LogP) is 4.12. The van der Waals surface area contributed by atoms with Crippen molar-refractivity contribution in [2.45, 2.75) is 86.0 Å². The van der Waals surface area contributed by atoms with Crippen LogP contribution >= 0.6 is 23.2 Å². The zero-order valence-corrected chi connectivity index (χ0v) is 43.5. The Morgan fingerprint density at radius 2 is 0.889 bits per heavy atom. The van der Waals surface area contributed by atoms with Crippen LogP contribution in [0.4, 0.5) is 0 Å². The maximum atomic E-state index is 13.6. The van der Waals surface area contributed by atoms with Crippen LogP contribution in [0.25, 0.3) is 11.4 Å². The van der Waals surface area contributed by atoms with Crippen LogP contribution < -0.4 is 18.9 Å². The second kappa shape index (κ2) is 23.8. The highest BCUT2D eigenvalue weighted by Crippen LogP contribution is 2.38. The largest absolute Gasteiger partial charge is 0.479 e. The molecule has 8 rings (SSSR count). The molecule has 6 atom stereocenters. The van der Waals surface area contributed by atoms with Gasteiger partial charge in [-0.2, -0.15) is 19.9 Å². The highest BCUT2D eigenvalue weighted by molar-refractivity contribution is 7.91. The Hall–Kier alpha value is -5.88. The number of rotatable bonds is 20. The van der Waals surface area contributed by atoms with E-state index in [9.17, 15) is 16.8 Å². The Bertz CT molecular complexity index is 2750. The Morgan fingerprint density at radius 3 is 1.17 bits per heavy atom. The first kappa shape index (κ1) is 53.9. The van der Waals surface area contributed by atoms with Crippen LogP contribution in [0.3, 0.4) is 0 Å². The van der Waals surface area contributed by atoms with Crippen molar-refractivity contribution in [3.05, 3.63) is 82.4 Å². The minimum atomic E-state index is -3.89. The lowest BCUT2D eigenvalue weighted by Crippen LogP contribution is -2.30. The molecule has 26 nitrogen and oxygen atoms in total. The number of ether oxygens (including phenoxy) is 8. The van der Waals surface area contributed by atoms with Gasteiger partial charge in [0.1, 0.15) is 48.6 Å². The minimum absolute atomic E-state index is 0.116. The van der Waals surface area contributed by atoms with Crippen molar-refractivity contribution in [1.29, 1.82) is 0 Å². The van der Waals surface area contributed by atoms with Gasteiger partial charge in [-0.15, -0.1) is 20.4 Å². The molecule has 30 heteroatoms. The molecule has 0 spiro atoms. The van der Waals surface area contributed by atoms with Crippen molar-refractivity contribution in [3.8, 4) is 34.9 Å². The summed E-state index contributed by atoms with van der Waals surface area (Å²) in [6, 6.07) is 0. The van der Waals surface area contributed by atoms with Gasteiger partial charge in [0, 0.05) is 52.2 Å². The molecule has 0 bridgehead atoms. The van der Waals surface area contributed by atoms with Crippen LogP contribution in [0.15, 0.2) is 37.4 Å². The summed E-state index contributed by atoms with van der Waals surface area (Å²) in [7, 11) is 0.769. The van der Waals surface area contributed by atoms with Gasteiger partial charge < -0.3 is 37.9 Å². The number of hydrogen-bond acceptors (Lipinski definition) is 24. The SMILES string of the molecule is COc1ncnc(OC)c1-n1c(CS(=O)(=O)[C@@H](C)[C@H](OC)c2ncc(Cl)cn2)nnc1[C@@H]1CCCO1.COc1ncnc(OC)c1-n1c(CS(=O)(=O)[C@@H](C)[C@H](OC)c2ncc(Cl)cn2)nnc1[C@H]1CCCO1. The van der Waals surface area contributed by atoms with E-state index in [-0.39, 0.29) is 58.2 Å².